The van der Waals surface area contributed by atoms with Crippen molar-refractivity contribution in [1.82, 2.24) is 4.90 Å². The number of methoxy groups -OCH3 is 1. The highest BCUT2D eigenvalue weighted by Crippen LogP contribution is 2.26. The zero-order valence-corrected chi connectivity index (χ0v) is 11.9. The Hall–Kier alpha value is -1.46. The summed E-state index contributed by atoms with van der Waals surface area (Å²) in [7, 11) is 1.47. The van der Waals surface area contributed by atoms with Gasteiger partial charge in [-0.25, -0.2) is 0 Å². The van der Waals surface area contributed by atoms with Crippen LogP contribution in [-0.4, -0.2) is 53.6 Å². The molecule has 0 radical (unpaired) electrons. The third-order valence-electron chi connectivity index (χ3n) is 4.13. The first kappa shape index (κ1) is 14.9. The Morgan fingerprint density at radius 2 is 1.95 bits per heavy atom. The summed E-state index contributed by atoms with van der Waals surface area (Å²) in [5, 5.41) is 10.6. The van der Waals surface area contributed by atoms with Crippen LogP contribution in [0.3, 0.4) is 0 Å². The summed E-state index contributed by atoms with van der Waals surface area (Å²) >= 11 is 0. The fourth-order valence-corrected chi connectivity index (χ4v) is 2.80. The summed E-state index contributed by atoms with van der Waals surface area (Å²) in [5.41, 5.74) is -1.65. The number of Topliss-reactive ketones (excluding diaryl/α,β-unsaturated/α-hetero) is 1. The molecular weight excluding hydrogens is 258 g/mol. The van der Waals surface area contributed by atoms with Crippen LogP contribution in [0.25, 0.3) is 0 Å². The van der Waals surface area contributed by atoms with Crippen LogP contribution in [0.1, 0.15) is 19.8 Å². The molecule has 110 valence electrons. The first-order chi connectivity index (χ1) is 9.49. The van der Waals surface area contributed by atoms with E-state index in [9.17, 15) is 14.7 Å². The van der Waals surface area contributed by atoms with Gasteiger partial charge in [-0.1, -0.05) is 18.2 Å². The van der Waals surface area contributed by atoms with Crippen molar-refractivity contribution in [3.8, 4) is 0 Å². The maximum Gasteiger partial charge on any atom is 0.261 e. The molecule has 20 heavy (non-hydrogen) atoms. The van der Waals surface area contributed by atoms with Crippen LogP contribution < -0.4 is 0 Å². The van der Waals surface area contributed by atoms with Gasteiger partial charge >= 0.3 is 0 Å². The highest BCUT2D eigenvalue weighted by Gasteiger charge is 2.45. The fraction of sp³-hybridized carbons (Fsp3) is 0.600. The highest BCUT2D eigenvalue weighted by molar-refractivity contribution is 5.89. The van der Waals surface area contributed by atoms with Gasteiger partial charge in [-0.05, 0) is 25.8 Å². The van der Waals surface area contributed by atoms with Gasteiger partial charge in [0.15, 0.2) is 5.60 Å². The summed E-state index contributed by atoms with van der Waals surface area (Å²) in [6.45, 7) is 2.59. The van der Waals surface area contributed by atoms with Gasteiger partial charge in [0, 0.05) is 26.1 Å². The van der Waals surface area contributed by atoms with Gasteiger partial charge in [0.25, 0.3) is 5.91 Å². The number of piperidine rings is 1. The molecule has 1 saturated heterocycles. The molecule has 1 aliphatic carbocycles. The number of likely N-dealkylation sites (tertiary alicyclic amines) is 1. The van der Waals surface area contributed by atoms with Crippen molar-refractivity contribution in [2.24, 2.45) is 5.92 Å². The van der Waals surface area contributed by atoms with E-state index in [1.165, 1.54) is 13.2 Å². The van der Waals surface area contributed by atoms with E-state index in [1.54, 1.807) is 30.1 Å². The minimum Gasteiger partial charge on any atom is -0.374 e. The molecule has 1 N–H and O–H groups in total. The second-order valence-corrected chi connectivity index (χ2v) is 5.40. The van der Waals surface area contributed by atoms with Crippen LogP contribution >= 0.6 is 0 Å². The number of amides is 1. The summed E-state index contributed by atoms with van der Waals surface area (Å²) in [5.74, 6) is -0.147. The van der Waals surface area contributed by atoms with Crippen molar-refractivity contribution in [2.75, 3.05) is 20.2 Å². The quantitative estimate of drug-likeness (QED) is 0.825. The first-order valence-electron chi connectivity index (χ1n) is 6.90. The predicted molar refractivity (Wildman–Crippen MR) is 74.0 cm³/mol. The number of allylic oxidation sites excluding steroid dienone is 2. The zero-order chi connectivity index (χ0) is 14.8. The standard InChI is InChI=1S/C15H21NO4/c1-11(17)12-6-9-16(10-7-12)14(18)15(19)8-4-3-5-13(15)20-2/h3-5,8,12-13,19H,6-7,9-10H2,1-2H3/t13-,15+/m1/s1. The van der Waals surface area contributed by atoms with Crippen molar-refractivity contribution in [3.63, 3.8) is 0 Å². The third kappa shape index (κ3) is 2.69. The molecule has 0 saturated carbocycles. The Labute approximate surface area is 118 Å². The molecule has 1 amide bonds. The Morgan fingerprint density at radius 3 is 2.50 bits per heavy atom. The molecule has 0 aromatic carbocycles. The molecule has 0 spiro atoms. The Morgan fingerprint density at radius 1 is 1.30 bits per heavy atom. The van der Waals surface area contributed by atoms with Crippen LogP contribution in [0.15, 0.2) is 24.3 Å². The molecule has 2 rings (SSSR count). The van der Waals surface area contributed by atoms with Crippen molar-refractivity contribution in [1.29, 1.82) is 0 Å². The van der Waals surface area contributed by atoms with E-state index in [-0.39, 0.29) is 17.6 Å². The summed E-state index contributed by atoms with van der Waals surface area (Å²) in [4.78, 5) is 25.5. The number of hydrogen-bond donors (Lipinski definition) is 1. The number of aliphatic hydroxyl groups is 1. The molecule has 0 aromatic heterocycles. The summed E-state index contributed by atoms with van der Waals surface area (Å²) in [6.07, 6.45) is 7.18. The van der Waals surface area contributed by atoms with E-state index >= 15 is 0 Å². The number of nitrogens with zero attached hydrogens (tertiary/aromatic N) is 1. The SMILES string of the molecule is CO[C@@H]1C=CC=C[C@@]1(O)C(=O)N1CCC(C(C)=O)CC1. The monoisotopic (exact) mass is 279 g/mol. The van der Waals surface area contributed by atoms with Crippen LogP contribution in [-0.2, 0) is 14.3 Å². The van der Waals surface area contributed by atoms with Crippen molar-refractivity contribution >= 4 is 11.7 Å². The second-order valence-electron chi connectivity index (χ2n) is 5.40. The van der Waals surface area contributed by atoms with Gasteiger partial charge in [0.1, 0.15) is 11.9 Å². The van der Waals surface area contributed by atoms with Gasteiger partial charge in [-0.2, -0.15) is 0 Å². The number of carbonyl (C=O) groups excluding carboxylic acids is 2. The van der Waals surface area contributed by atoms with Crippen LogP contribution in [0, 0.1) is 5.92 Å². The Balaban J connectivity index is 2.06. The predicted octanol–water partition coefficient (Wildman–Crippen LogP) is 0.686. The Kier molecular flexibility index (Phi) is 4.40. The molecule has 0 unspecified atom stereocenters. The Bertz CT molecular complexity index is 449. The molecule has 5 nitrogen and oxygen atoms in total. The van der Waals surface area contributed by atoms with Crippen LogP contribution in [0.2, 0.25) is 0 Å². The molecule has 1 aliphatic heterocycles. The smallest absolute Gasteiger partial charge is 0.261 e. The lowest BCUT2D eigenvalue weighted by molar-refractivity contribution is -0.157. The molecule has 0 aromatic rings. The number of carbonyl (C=O) groups is 2. The lowest BCUT2D eigenvalue weighted by atomic mass is 9.88. The average Bonchev–Trinajstić information content (AvgIpc) is 2.47. The molecule has 2 aliphatic rings. The minimum atomic E-state index is -1.65. The third-order valence-corrected chi connectivity index (χ3v) is 4.13. The van der Waals surface area contributed by atoms with Gasteiger partial charge < -0.3 is 14.7 Å². The van der Waals surface area contributed by atoms with E-state index in [0.29, 0.717) is 25.9 Å². The number of ketones is 1. The van der Waals surface area contributed by atoms with Crippen molar-refractivity contribution < 1.29 is 19.4 Å². The molecular formula is C15H21NO4. The largest absolute Gasteiger partial charge is 0.374 e. The van der Waals surface area contributed by atoms with Crippen molar-refractivity contribution in [3.05, 3.63) is 24.3 Å². The van der Waals surface area contributed by atoms with Crippen LogP contribution in [0.4, 0.5) is 0 Å². The highest BCUT2D eigenvalue weighted by atomic mass is 16.5. The summed E-state index contributed by atoms with van der Waals surface area (Å²) in [6, 6.07) is 0. The van der Waals surface area contributed by atoms with Crippen LogP contribution in [0.5, 0.6) is 0 Å². The normalized spacial score (nSPS) is 30.6. The second kappa shape index (κ2) is 5.89. The summed E-state index contributed by atoms with van der Waals surface area (Å²) < 4.78 is 5.19. The van der Waals surface area contributed by atoms with E-state index < -0.39 is 11.7 Å². The van der Waals surface area contributed by atoms with E-state index in [2.05, 4.69) is 0 Å². The maximum absolute atomic E-state index is 12.5. The number of hydrogen-bond acceptors (Lipinski definition) is 4. The number of rotatable bonds is 3. The molecule has 5 heteroatoms. The lowest BCUT2D eigenvalue weighted by Gasteiger charge is -2.38. The van der Waals surface area contributed by atoms with Gasteiger partial charge in [-0.3, -0.25) is 9.59 Å². The molecule has 2 atom stereocenters. The topological polar surface area (TPSA) is 66.8 Å². The van der Waals surface area contributed by atoms with E-state index in [4.69, 9.17) is 4.74 Å². The fourth-order valence-electron chi connectivity index (χ4n) is 2.80. The lowest BCUT2D eigenvalue weighted by Crippen LogP contribution is -2.57. The first-order valence-corrected chi connectivity index (χ1v) is 6.90. The zero-order valence-electron chi connectivity index (χ0n) is 11.9. The maximum atomic E-state index is 12.5. The van der Waals surface area contributed by atoms with Gasteiger partial charge in [0.2, 0.25) is 0 Å². The average molecular weight is 279 g/mol. The van der Waals surface area contributed by atoms with Crippen molar-refractivity contribution in [2.45, 2.75) is 31.5 Å². The van der Waals surface area contributed by atoms with E-state index in [0.717, 1.165) is 0 Å². The van der Waals surface area contributed by atoms with Gasteiger partial charge in [0.05, 0.1) is 0 Å². The van der Waals surface area contributed by atoms with E-state index in [1.807, 2.05) is 0 Å². The van der Waals surface area contributed by atoms with Gasteiger partial charge in [-0.15, -0.1) is 0 Å². The molecule has 1 heterocycles. The number of ether oxygens (including phenoxy) is 1. The molecule has 0 bridgehead atoms. The minimum absolute atomic E-state index is 0.0358. The molecule has 1 fully saturated rings.